The summed E-state index contributed by atoms with van der Waals surface area (Å²) in [5.41, 5.74) is 2.68. The van der Waals surface area contributed by atoms with Crippen LogP contribution in [0, 0.1) is 5.82 Å². The Hall–Kier alpha value is -3.16. The van der Waals surface area contributed by atoms with Gasteiger partial charge in [0.1, 0.15) is 11.4 Å². The molecular weight excluding hydrogens is 376 g/mol. The van der Waals surface area contributed by atoms with Crippen LogP contribution in [0.5, 0.6) is 0 Å². The van der Waals surface area contributed by atoms with Crippen molar-refractivity contribution < 1.29 is 22.4 Å². The molecule has 8 heteroatoms. The van der Waals surface area contributed by atoms with Gasteiger partial charge in [0.05, 0.1) is 22.2 Å². The summed E-state index contributed by atoms with van der Waals surface area (Å²) in [5, 5.41) is -0.500. The van der Waals surface area contributed by atoms with Crippen LogP contribution in [0.4, 0.5) is 17.6 Å². The number of halogens is 4. The van der Waals surface area contributed by atoms with E-state index in [4.69, 9.17) is 5.73 Å². The Kier molecular flexibility index (Phi) is 4.74. The second-order valence-corrected chi connectivity index (χ2v) is 6.67. The average molecular weight is 392 g/mol. The number of aromatic nitrogens is 1. The highest BCUT2D eigenvalue weighted by Gasteiger charge is 2.35. The highest BCUT2D eigenvalue weighted by Crippen LogP contribution is 2.37. The largest absolute Gasteiger partial charge is 0.418 e. The summed E-state index contributed by atoms with van der Waals surface area (Å²) >= 11 is 0. The quantitative estimate of drug-likeness (QED) is 0.673. The van der Waals surface area contributed by atoms with Crippen molar-refractivity contribution in [2.24, 2.45) is 5.73 Å². The number of hydrogen-bond donors (Lipinski definition) is 1. The molecule has 0 saturated heterocycles. The third kappa shape index (κ3) is 3.26. The lowest BCUT2D eigenvalue weighted by atomic mass is 9.99. The van der Waals surface area contributed by atoms with E-state index >= 15 is 0 Å². The van der Waals surface area contributed by atoms with Gasteiger partial charge in [-0.2, -0.15) is 13.2 Å². The molecule has 1 heterocycles. The Bertz CT molecular complexity index is 1150. The molecule has 0 unspecified atom stereocenters. The zero-order valence-electron chi connectivity index (χ0n) is 15.0. The normalized spacial score (nSPS) is 12.0. The zero-order valence-corrected chi connectivity index (χ0v) is 15.0. The number of nitrogens with zero attached hydrogens (tertiary/aromatic N) is 1. The first-order chi connectivity index (χ1) is 13.0. The Morgan fingerprint density at radius 3 is 2.39 bits per heavy atom. The number of benzene rings is 2. The molecule has 0 radical (unpaired) electrons. The van der Waals surface area contributed by atoms with Crippen LogP contribution in [-0.2, 0) is 6.18 Å². The van der Waals surface area contributed by atoms with Gasteiger partial charge in [-0.1, -0.05) is 26.0 Å². The van der Waals surface area contributed by atoms with Crippen LogP contribution in [0.2, 0.25) is 0 Å². The summed E-state index contributed by atoms with van der Waals surface area (Å²) in [7, 11) is 0. The highest BCUT2D eigenvalue weighted by atomic mass is 19.4. The maximum Gasteiger partial charge on any atom is 0.418 e. The minimum atomic E-state index is -4.71. The van der Waals surface area contributed by atoms with Crippen molar-refractivity contribution in [2.45, 2.75) is 25.9 Å². The fraction of sp³-hybridized carbons (Fsp3) is 0.200. The molecule has 0 aliphatic rings. The highest BCUT2D eigenvalue weighted by molar-refractivity contribution is 5.96. The first-order valence-electron chi connectivity index (χ1n) is 8.37. The third-order valence-corrected chi connectivity index (χ3v) is 4.50. The van der Waals surface area contributed by atoms with Crippen LogP contribution in [0.15, 0.2) is 47.4 Å². The smallest absolute Gasteiger partial charge is 0.365 e. The number of rotatable bonds is 3. The second-order valence-electron chi connectivity index (χ2n) is 6.67. The molecule has 0 saturated carbocycles. The molecule has 0 aliphatic carbocycles. The standard InChI is InChI=1S/C20H16F4N2O2/c1-10(2)11-6-7-15(13(8-11)20(22,23)24)26-9-12(19(25)28)18(27)17-14(21)4-3-5-16(17)26/h3-10H,1-2H3,(H2,25,28). The van der Waals surface area contributed by atoms with Gasteiger partial charge >= 0.3 is 6.18 Å². The molecule has 146 valence electrons. The monoisotopic (exact) mass is 392 g/mol. The molecule has 28 heavy (non-hydrogen) atoms. The molecule has 0 atom stereocenters. The second kappa shape index (κ2) is 6.78. The van der Waals surface area contributed by atoms with Gasteiger partial charge in [-0.15, -0.1) is 0 Å². The van der Waals surface area contributed by atoms with Gasteiger partial charge in [-0.3, -0.25) is 9.59 Å². The molecule has 0 bridgehead atoms. The Labute approximate surface area is 157 Å². The van der Waals surface area contributed by atoms with Gasteiger partial charge in [0.25, 0.3) is 5.91 Å². The van der Waals surface area contributed by atoms with Crippen molar-refractivity contribution in [2.75, 3.05) is 0 Å². The Morgan fingerprint density at radius 1 is 1.14 bits per heavy atom. The summed E-state index contributed by atoms with van der Waals surface area (Å²) in [5.74, 6) is -2.26. The average Bonchev–Trinajstić information content (AvgIpc) is 2.60. The molecule has 1 amide bonds. The van der Waals surface area contributed by atoms with E-state index in [1.54, 1.807) is 13.8 Å². The van der Waals surface area contributed by atoms with Crippen molar-refractivity contribution in [1.82, 2.24) is 4.57 Å². The molecule has 0 spiro atoms. The topological polar surface area (TPSA) is 65.1 Å². The first-order valence-corrected chi connectivity index (χ1v) is 8.37. The molecule has 0 aliphatic heterocycles. The lowest BCUT2D eigenvalue weighted by Crippen LogP contribution is -2.25. The van der Waals surface area contributed by atoms with Crippen LogP contribution < -0.4 is 11.2 Å². The SMILES string of the molecule is CC(C)c1ccc(-n2cc(C(N)=O)c(=O)c3c(F)cccc32)c(C(F)(F)F)c1. The van der Waals surface area contributed by atoms with Crippen LogP contribution in [0.3, 0.4) is 0 Å². The predicted molar refractivity (Wildman–Crippen MR) is 97.1 cm³/mol. The van der Waals surface area contributed by atoms with Crippen molar-refractivity contribution in [1.29, 1.82) is 0 Å². The van der Waals surface area contributed by atoms with Crippen LogP contribution in [0.25, 0.3) is 16.6 Å². The van der Waals surface area contributed by atoms with E-state index < -0.39 is 39.8 Å². The van der Waals surface area contributed by atoms with E-state index in [2.05, 4.69) is 0 Å². The lowest BCUT2D eigenvalue weighted by Gasteiger charge is -2.20. The Balaban J connectivity index is 2.49. The van der Waals surface area contributed by atoms with Crippen LogP contribution in [-0.4, -0.2) is 10.5 Å². The molecule has 1 aromatic heterocycles. The van der Waals surface area contributed by atoms with Gasteiger partial charge in [0.15, 0.2) is 0 Å². The molecule has 3 aromatic rings. The van der Waals surface area contributed by atoms with Crippen LogP contribution in [0.1, 0.15) is 41.3 Å². The molecule has 4 nitrogen and oxygen atoms in total. The van der Waals surface area contributed by atoms with Gasteiger partial charge in [0.2, 0.25) is 5.43 Å². The number of amides is 1. The van der Waals surface area contributed by atoms with Gasteiger partial charge in [-0.05, 0) is 35.7 Å². The molecule has 2 N–H and O–H groups in total. The van der Waals surface area contributed by atoms with E-state index in [0.717, 1.165) is 22.9 Å². The van der Waals surface area contributed by atoms with E-state index in [1.165, 1.54) is 24.3 Å². The molecular formula is C20H16F4N2O2. The van der Waals surface area contributed by atoms with Crippen molar-refractivity contribution in [3.8, 4) is 5.69 Å². The van der Waals surface area contributed by atoms with Gasteiger partial charge in [-0.25, -0.2) is 4.39 Å². The fourth-order valence-corrected chi connectivity index (χ4v) is 3.05. The number of fused-ring (bicyclic) bond motifs is 1. The van der Waals surface area contributed by atoms with Gasteiger partial charge in [0, 0.05) is 6.20 Å². The first kappa shape index (κ1) is 19.6. The summed E-state index contributed by atoms with van der Waals surface area (Å²) in [6, 6.07) is 7.33. The lowest BCUT2D eigenvalue weighted by molar-refractivity contribution is -0.137. The summed E-state index contributed by atoms with van der Waals surface area (Å²) in [6.07, 6.45) is -3.79. The van der Waals surface area contributed by atoms with Crippen molar-refractivity contribution >= 4 is 16.8 Å². The molecule has 2 aromatic carbocycles. The number of carbonyl (C=O) groups is 1. The van der Waals surface area contributed by atoms with Crippen molar-refractivity contribution in [3.05, 3.63) is 75.3 Å². The minimum absolute atomic E-state index is 0.0993. The van der Waals surface area contributed by atoms with E-state index in [1.807, 2.05) is 0 Å². The molecule has 0 fully saturated rings. The number of carbonyl (C=O) groups excluding carboxylic acids is 1. The van der Waals surface area contributed by atoms with Gasteiger partial charge < -0.3 is 10.3 Å². The van der Waals surface area contributed by atoms with E-state index in [-0.39, 0.29) is 17.1 Å². The van der Waals surface area contributed by atoms with Crippen molar-refractivity contribution in [3.63, 3.8) is 0 Å². The minimum Gasteiger partial charge on any atom is -0.365 e. The third-order valence-electron chi connectivity index (χ3n) is 4.50. The zero-order chi connectivity index (χ0) is 20.8. The van der Waals surface area contributed by atoms with E-state index in [9.17, 15) is 27.2 Å². The number of hydrogen-bond acceptors (Lipinski definition) is 2. The maximum atomic E-state index is 14.3. The maximum absolute atomic E-state index is 14.3. The molecule has 3 rings (SSSR count). The van der Waals surface area contributed by atoms with E-state index in [0.29, 0.717) is 5.56 Å². The summed E-state index contributed by atoms with van der Waals surface area (Å²) in [4.78, 5) is 24.1. The number of pyridine rings is 1. The summed E-state index contributed by atoms with van der Waals surface area (Å²) in [6.45, 7) is 3.51. The number of primary amides is 1. The number of nitrogens with two attached hydrogens (primary N) is 1. The Morgan fingerprint density at radius 2 is 1.82 bits per heavy atom. The predicted octanol–water partition coefficient (Wildman–Crippen LogP) is 4.37. The fourth-order valence-electron chi connectivity index (χ4n) is 3.05. The summed E-state index contributed by atoms with van der Waals surface area (Å²) < 4.78 is 56.5. The number of alkyl halides is 3. The van der Waals surface area contributed by atoms with Crippen LogP contribution >= 0.6 is 0 Å².